The van der Waals surface area contributed by atoms with Gasteiger partial charge >= 0.3 is 5.97 Å². The molecule has 1 heterocycles. The van der Waals surface area contributed by atoms with Crippen LogP contribution in [0.15, 0.2) is 36.4 Å². The van der Waals surface area contributed by atoms with Crippen molar-refractivity contribution in [3.63, 3.8) is 0 Å². The lowest BCUT2D eigenvalue weighted by Crippen LogP contribution is -2.32. The van der Waals surface area contributed by atoms with Crippen LogP contribution in [0.2, 0.25) is 0 Å². The van der Waals surface area contributed by atoms with Gasteiger partial charge in [0.25, 0.3) is 5.91 Å². The lowest BCUT2D eigenvalue weighted by molar-refractivity contribution is -0.141. The van der Waals surface area contributed by atoms with Crippen LogP contribution in [-0.2, 0) is 4.79 Å². The van der Waals surface area contributed by atoms with E-state index in [-0.39, 0.29) is 23.7 Å². The molecule has 6 heteroatoms. The second kappa shape index (κ2) is 6.50. The van der Waals surface area contributed by atoms with Gasteiger partial charge in [0.05, 0.1) is 10.8 Å². The van der Waals surface area contributed by atoms with Gasteiger partial charge in [-0.2, -0.15) is 0 Å². The average molecular weight is 333 g/mol. The minimum atomic E-state index is -0.795. The van der Waals surface area contributed by atoms with Crippen LogP contribution in [0.5, 0.6) is 0 Å². The van der Waals surface area contributed by atoms with E-state index in [4.69, 9.17) is 5.11 Å². The summed E-state index contributed by atoms with van der Waals surface area (Å²) in [5.74, 6) is -1.63. The minimum absolute atomic E-state index is 0.0834. The molecule has 2 N–H and O–H groups in total. The lowest BCUT2D eigenvalue weighted by Gasteiger charge is -2.11. The third-order valence-corrected chi connectivity index (χ3v) is 5.21. The summed E-state index contributed by atoms with van der Waals surface area (Å²) in [6, 6.07) is 9.62. The zero-order chi connectivity index (χ0) is 16.4. The molecule has 0 spiro atoms. The maximum atomic E-state index is 12.9. The fourth-order valence-corrected chi connectivity index (χ4v) is 3.74. The highest BCUT2D eigenvalue weighted by molar-refractivity contribution is 7.17. The van der Waals surface area contributed by atoms with Crippen molar-refractivity contribution in [1.29, 1.82) is 0 Å². The standard InChI is InChI=1S/C17H16FNO3S/c18-12-4-1-10(2-5-12)14-7-8-15(23-14)16(20)19-13-6-3-11(9-13)17(21)22/h1-2,4-5,7-8,11,13H,3,6,9H2,(H,19,20)(H,21,22)/t11-,13+/m0/s1. The van der Waals surface area contributed by atoms with Gasteiger partial charge in [-0.15, -0.1) is 11.3 Å². The Kier molecular flexibility index (Phi) is 4.43. The fourth-order valence-electron chi connectivity index (χ4n) is 2.82. The summed E-state index contributed by atoms with van der Waals surface area (Å²) >= 11 is 1.34. The van der Waals surface area contributed by atoms with Gasteiger partial charge in [-0.25, -0.2) is 4.39 Å². The predicted molar refractivity (Wildman–Crippen MR) is 85.9 cm³/mol. The van der Waals surface area contributed by atoms with Crippen molar-refractivity contribution in [3.8, 4) is 10.4 Å². The highest BCUT2D eigenvalue weighted by Gasteiger charge is 2.30. The number of thiophene rings is 1. The Hall–Kier alpha value is -2.21. The topological polar surface area (TPSA) is 66.4 Å². The fraction of sp³-hybridized carbons (Fsp3) is 0.294. The maximum Gasteiger partial charge on any atom is 0.306 e. The number of carbonyl (C=O) groups is 2. The smallest absolute Gasteiger partial charge is 0.306 e. The number of rotatable bonds is 4. The Balaban J connectivity index is 1.65. The summed E-state index contributed by atoms with van der Waals surface area (Å²) in [4.78, 5) is 24.7. The van der Waals surface area contributed by atoms with E-state index in [0.29, 0.717) is 24.1 Å². The zero-order valence-corrected chi connectivity index (χ0v) is 13.1. The molecule has 1 amide bonds. The molecular weight excluding hydrogens is 317 g/mol. The first-order valence-corrected chi connectivity index (χ1v) is 8.24. The number of benzene rings is 1. The molecule has 0 radical (unpaired) electrons. The van der Waals surface area contributed by atoms with Crippen LogP contribution in [0.25, 0.3) is 10.4 Å². The van der Waals surface area contributed by atoms with Gasteiger partial charge in [-0.1, -0.05) is 12.1 Å². The molecule has 120 valence electrons. The van der Waals surface area contributed by atoms with Crippen molar-refractivity contribution in [2.75, 3.05) is 0 Å². The number of aliphatic carboxylic acids is 1. The van der Waals surface area contributed by atoms with Crippen molar-refractivity contribution >= 4 is 23.2 Å². The van der Waals surface area contributed by atoms with Crippen LogP contribution >= 0.6 is 11.3 Å². The molecular formula is C17H16FNO3S. The van der Waals surface area contributed by atoms with Gasteiger partial charge in [0.1, 0.15) is 5.82 Å². The van der Waals surface area contributed by atoms with E-state index in [1.54, 1.807) is 18.2 Å². The number of carboxylic acids is 1. The molecule has 0 saturated heterocycles. The highest BCUT2D eigenvalue weighted by atomic mass is 32.1. The molecule has 1 fully saturated rings. The highest BCUT2D eigenvalue weighted by Crippen LogP contribution is 2.29. The molecule has 23 heavy (non-hydrogen) atoms. The molecule has 4 nitrogen and oxygen atoms in total. The summed E-state index contributed by atoms with van der Waals surface area (Å²) in [5.41, 5.74) is 0.863. The van der Waals surface area contributed by atoms with Gasteiger partial charge in [-0.3, -0.25) is 9.59 Å². The second-order valence-corrected chi connectivity index (χ2v) is 6.77. The zero-order valence-electron chi connectivity index (χ0n) is 12.3. The molecule has 2 atom stereocenters. The molecule has 0 unspecified atom stereocenters. The Labute approximate surface area is 137 Å². The summed E-state index contributed by atoms with van der Waals surface area (Å²) in [6.07, 6.45) is 1.78. The van der Waals surface area contributed by atoms with E-state index in [2.05, 4.69) is 5.32 Å². The Morgan fingerprint density at radius 2 is 1.87 bits per heavy atom. The summed E-state index contributed by atoms with van der Waals surface area (Å²) in [6.45, 7) is 0. The van der Waals surface area contributed by atoms with E-state index < -0.39 is 5.97 Å². The normalized spacial score (nSPS) is 20.4. The Morgan fingerprint density at radius 3 is 2.52 bits per heavy atom. The summed E-state index contributed by atoms with van der Waals surface area (Å²) < 4.78 is 12.9. The molecule has 0 bridgehead atoms. The van der Waals surface area contributed by atoms with Crippen LogP contribution in [-0.4, -0.2) is 23.0 Å². The van der Waals surface area contributed by atoms with Crippen LogP contribution in [0.3, 0.4) is 0 Å². The van der Waals surface area contributed by atoms with Crippen molar-refractivity contribution in [1.82, 2.24) is 5.32 Å². The van der Waals surface area contributed by atoms with Crippen LogP contribution in [0, 0.1) is 11.7 Å². The van der Waals surface area contributed by atoms with Crippen molar-refractivity contribution in [3.05, 3.63) is 47.1 Å². The Morgan fingerprint density at radius 1 is 1.13 bits per heavy atom. The van der Waals surface area contributed by atoms with Crippen LogP contribution in [0.1, 0.15) is 28.9 Å². The molecule has 1 aromatic carbocycles. The first-order valence-electron chi connectivity index (χ1n) is 7.42. The number of hydrogen-bond donors (Lipinski definition) is 2. The SMILES string of the molecule is O=C(N[C@@H]1CC[C@H](C(=O)O)C1)c1ccc(-c2ccc(F)cc2)s1. The van der Waals surface area contributed by atoms with Crippen molar-refractivity contribution in [2.24, 2.45) is 5.92 Å². The number of nitrogens with one attached hydrogen (secondary N) is 1. The average Bonchev–Trinajstić information content (AvgIpc) is 3.17. The van der Waals surface area contributed by atoms with E-state index in [1.807, 2.05) is 6.07 Å². The minimum Gasteiger partial charge on any atom is -0.481 e. The molecule has 1 aliphatic carbocycles. The predicted octanol–water partition coefficient (Wildman–Crippen LogP) is 3.54. The number of amides is 1. The largest absolute Gasteiger partial charge is 0.481 e. The van der Waals surface area contributed by atoms with E-state index >= 15 is 0 Å². The van der Waals surface area contributed by atoms with Gasteiger partial charge in [0, 0.05) is 10.9 Å². The monoisotopic (exact) mass is 333 g/mol. The third-order valence-electron chi connectivity index (χ3n) is 4.08. The summed E-state index contributed by atoms with van der Waals surface area (Å²) in [7, 11) is 0. The van der Waals surface area contributed by atoms with Crippen molar-refractivity contribution in [2.45, 2.75) is 25.3 Å². The number of halogens is 1. The van der Waals surface area contributed by atoms with E-state index in [0.717, 1.165) is 10.4 Å². The lowest BCUT2D eigenvalue weighted by atomic mass is 10.1. The first kappa shape index (κ1) is 15.7. The molecule has 1 aromatic heterocycles. The molecule has 3 rings (SSSR count). The number of carboxylic acid groups (broad SMARTS) is 1. The van der Waals surface area contributed by atoms with Gasteiger partial charge in [-0.05, 0) is 49.1 Å². The molecule has 1 saturated carbocycles. The maximum absolute atomic E-state index is 12.9. The van der Waals surface area contributed by atoms with Crippen LogP contribution in [0.4, 0.5) is 4.39 Å². The number of hydrogen-bond acceptors (Lipinski definition) is 3. The van der Waals surface area contributed by atoms with Gasteiger partial charge < -0.3 is 10.4 Å². The van der Waals surface area contributed by atoms with Crippen LogP contribution < -0.4 is 5.32 Å². The summed E-state index contributed by atoms with van der Waals surface area (Å²) in [5, 5.41) is 11.9. The first-order chi connectivity index (χ1) is 11.0. The molecule has 0 aliphatic heterocycles. The second-order valence-electron chi connectivity index (χ2n) is 5.69. The van der Waals surface area contributed by atoms with E-state index in [1.165, 1.54) is 23.5 Å². The van der Waals surface area contributed by atoms with Gasteiger partial charge in [0.15, 0.2) is 0 Å². The number of carbonyl (C=O) groups excluding carboxylic acids is 1. The molecule has 1 aliphatic rings. The quantitative estimate of drug-likeness (QED) is 0.899. The van der Waals surface area contributed by atoms with E-state index in [9.17, 15) is 14.0 Å². The van der Waals surface area contributed by atoms with Gasteiger partial charge in [0.2, 0.25) is 0 Å². The van der Waals surface area contributed by atoms with Crippen molar-refractivity contribution < 1.29 is 19.1 Å². The third kappa shape index (κ3) is 3.59. The Bertz CT molecular complexity index is 726. The molecule has 2 aromatic rings.